The molecule has 2 aromatic carbocycles. The molecule has 0 spiro atoms. The minimum atomic E-state index is -0.158. The zero-order valence-electron chi connectivity index (χ0n) is 14.8. The second-order valence-corrected chi connectivity index (χ2v) is 6.89. The highest BCUT2D eigenvalue weighted by molar-refractivity contribution is 6.04. The number of amides is 2. The Labute approximate surface area is 153 Å². The van der Waals surface area contributed by atoms with E-state index in [0.29, 0.717) is 5.56 Å². The Bertz CT molecular complexity index is 841. The molecule has 0 aromatic heterocycles. The van der Waals surface area contributed by atoms with Crippen molar-refractivity contribution >= 4 is 23.2 Å². The largest absolute Gasteiger partial charge is 0.497 e. The fraction of sp³-hybridized carbons (Fsp3) is 0.333. The molecule has 2 aliphatic rings. The predicted molar refractivity (Wildman–Crippen MR) is 101 cm³/mol. The number of hydrogen-bond donors (Lipinski definition) is 1. The van der Waals surface area contributed by atoms with Gasteiger partial charge in [0.25, 0.3) is 5.91 Å². The molecule has 2 aromatic rings. The molecular weight excluding hydrogens is 328 g/mol. The molecule has 2 amide bonds. The maximum Gasteiger partial charge on any atom is 0.255 e. The molecule has 134 valence electrons. The minimum Gasteiger partial charge on any atom is -0.497 e. The van der Waals surface area contributed by atoms with Crippen LogP contribution < -0.4 is 15.0 Å². The lowest BCUT2D eigenvalue weighted by molar-refractivity contribution is -0.119. The van der Waals surface area contributed by atoms with E-state index in [1.807, 2.05) is 23.1 Å². The van der Waals surface area contributed by atoms with E-state index >= 15 is 0 Å². The third-order valence-electron chi connectivity index (χ3n) is 5.00. The van der Waals surface area contributed by atoms with Crippen molar-refractivity contribution in [3.05, 3.63) is 53.6 Å². The Morgan fingerprint density at radius 2 is 1.88 bits per heavy atom. The van der Waals surface area contributed by atoms with Gasteiger partial charge < -0.3 is 15.0 Å². The van der Waals surface area contributed by atoms with Crippen LogP contribution in [0.25, 0.3) is 0 Å². The highest BCUT2D eigenvalue weighted by Gasteiger charge is 2.35. The molecule has 0 unspecified atom stereocenters. The van der Waals surface area contributed by atoms with Gasteiger partial charge in [0.1, 0.15) is 5.75 Å². The van der Waals surface area contributed by atoms with Crippen LogP contribution in [0.4, 0.5) is 11.4 Å². The number of nitrogens with one attached hydrogen (secondary N) is 1. The molecule has 26 heavy (non-hydrogen) atoms. The highest BCUT2D eigenvalue weighted by atomic mass is 16.5. The van der Waals surface area contributed by atoms with Crippen molar-refractivity contribution < 1.29 is 14.3 Å². The fourth-order valence-corrected chi connectivity index (χ4v) is 3.40. The molecular formula is C21H22N2O3. The number of carbonyl (C=O) groups is 2. The minimum absolute atomic E-state index is 0.158. The maximum atomic E-state index is 12.5. The Kier molecular flexibility index (Phi) is 4.37. The molecule has 5 nitrogen and oxygen atoms in total. The Morgan fingerprint density at radius 3 is 2.58 bits per heavy atom. The summed E-state index contributed by atoms with van der Waals surface area (Å²) in [6.45, 7) is 0.792. The van der Waals surface area contributed by atoms with Gasteiger partial charge in [-0.25, -0.2) is 0 Å². The number of hydrogen-bond acceptors (Lipinski definition) is 3. The van der Waals surface area contributed by atoms with Gasteiger partial charge in [0, 0.05) is 29.4 Å². The van der Waals surface area contributed by atoms with Crippen LogP contribution in [-0.4, -0.2) is 25.5 Å². The van der Waals surface area contributed by atoms with E-state index in [0.717, 1.165) is 54.9 Å². The highest BCUT2D eigenvalue weighted by Crippen LogP contribution is 2.36. The second kappa shape index (κ2) is 6.83. The molecule has 1 aliphatic carbocycles. The quantitative estimate of drug-likeness (QED) is 0.916. The summed E-state index contributed by atoms with van der Waals surface area (Å²) in [6.07, 6.45) is 3.92. The first-order chi connectivity index (χ1) is 12.7. The standard InChI is InChI=1S/C21H22N2O3/c1-26-18-9-6-14(7-10-18)20(24)22-17-8-11-19-16(13-17)3-2-12-23(19)21(25)15-4-5-15/h6-11,13,15H,2-5,12H2,1H3,(H,22,24). The fourth-order valence-electron chi connectivity index (χ4n) is 3.40. The summed E-state index contributed by atoms with van der Waals surface area (Å²) in [4.78, 5) is 26.8. The monoisotopic (exact) mass is 350 g/mol. The van der Waals surface area contributed by atoms with Gasteiger partial charge in [0.15, 0.2) is 0 Å². The van der Waals surface area contributed by atoms with Crippen LogP contribution in [0.3, 0.4) is 0 Å². The maximum absolute atomic E-state index is 12.5. The van der Waals surface area contributed by atoms with Gasteiger partial charge in [0.2, 0.25) is 5.91 Å². The molecule has 0 saturated heterocycles. The number of anilines is 2. The first-order valence-electron chi connectivity index (χ1n) is 9.05. The lowest BCUT2D eigenvalue weighted by Gasteiger charge is -2.30. The topological polar surface area (TPSA) is 58.6 Å². The molecule has 0 atom stereocenters. The molecule has 1 N–H and O–H groups in total. The van der Waals surface area contributed by atoms with Crippen molar-refractivity contribution in [3.8, 4) is 5.75 Å². The molecule has 0 radical (unpaired) electrons. The SMILES string of the molecule is COc1ccc(C(=O)Nc2ccc3c(c2)CCCN3C(=O)C2CC2)cc1. The summed E-state index contributed by atoms with van der Waals surface area (Å²) in [5, 5.41) is 2.94. The van der Waals surface area contributed by atoms with Crippen molar-refractivity contribution in [1.82, 2.24) is 0 Å². The van der Waals surface area contributed by atoms with E-state index in [1.54, 1.807) is 31.4 Å². The number of carbonyl (C=O) groups excluding carboxylic acids is 2. The Balaban J connectivity index is 1.51. The van der Waals surface area contributed by atoms with Crippen LogP contribution in [0.2, 0.25) is 0 Å². The van der Waals surface area contributed by atoms with Crippen LogP contribution in [0, 0.1) is 5.92 Å². The van der Waals surface area contributed by atoms with Crippen LogP contribution in [0.1, 0.15) is 35.2 Å². The van der Waals surface area contributed by atoms with Crippen LogP contribution in [-0.2, 0) is 11.2 Å². The summed E-state index contributed by atoms with van der Waals surface area (Å²) < 4.78 is 5.12. The smallest absolute Gasteiger partial charge is 0.255 e. The summed E-state index contributed by atoms with van der Waals surface area (Å²) in [5.41, 5.74) is 3.45. The normalized spacial score (nSPS) is 16.0. The number of rotatable bonds is 4. The summed E-state index contributed by atoms with van der Waals surface area (Å²) in [7, 11) is 1.60. The van der Waals surface area contributed by atoms with Gasteiger partial charge in [-0.1, -0.05) is 0 Å². The average Bonchev–Trinajstić information content (AvgIpc) is 3.52. The first kappa shape index (κ1) is 16.6. The molecule has 0 bridgehead atoms. The lowest BCUT2D eigenvalue weighted by atomic mass is 10.00. The van der Waals surface area contributed by atoms with E-state index in [-0.39, 0.29) is 17.7 Å². The number of nitrogens with zero attached hydrogens (tertiary/aromatic N) is 1. The first-order valence-corrected chi connectivity index (χ1v) is 9.05. The Morgan fingerprint density at radius 1 is 1.12 bits per heavy atom. The van der Waals surface area contributed by atoms with Crippen molar-refractivity contribution in [2.75, 3.05) is 23.9 Å². The number of ether oxygens (including phenoxy) is 1. The zero-order valence-corrected chi connectivity index (χ0v) is 14.8. The van der Waals surface area contributed by atoms with E-state index in [9.17, 15) is 9.59 Å². The molecule has 1 heterocycles. The van der Waals surface area contributed by atoms with Gasteiger partial charge in [-0.3, -0.25) is 9.59 Å². The molecule has 1 saturated carbocycles. The van der Waals surface area contributed by atoms with Gasteiger partial charge in [-0.2, -0.15) is 0 Å². The van der Waals surface area contributed by atoms with E-state index in [2.05, 4.69) is 5.32 Å². The predicted octanol–water partition coefficient (Wildman–Crippen LogP) is 3.64. The number of fused-ring (bicyclic) bond motifs is 1. The van der Waals surface area contributed by atoms with Crippen molar-refractivity contribution in [3.63, 3.8) is 0 Å². The van der Waals surface area contributed by atoms with Crippen LogP contribution in [0.15, 0.2) is 42.5 Å². The van der Waals surface area contributed by atoms with Crippen molar-refractivity contribution in [2.45, 2.75) is 25.7 Å². The average molecular weight is 350 g/mol. The second-order valence-electron chi connectivity index (χ2n) is 6.89. The lowest BCUT2D eigenvalue weighted by Crippen LogP contribution is -2.36. The number of benzene rings is 2. The molecule has 1 aliphatic heterocycles. The van der Waals surface area contributed by atoms with Crippen molar-refractivity contribution in [1.29, 1.82) is 0 Å². The summed E-state index contributed by atoms with van der Waals surface area (Å²) in [5.74, 6) is 1.03. The number of aryl methyl sites for hydroxylation is 1. The summed E-state index contributed by atoms with van der Waals surface area (Å²) >= 11 is 0. The van der Waals surface area contributed by atoms with E-state index in [1.165, 1.54) is 0 Å². The Hall–Kier alpha value is -2.82. The molecule has 4 rings (SSSR count). The summed E-state index contributed by atoms with van der Waals surface area (Å²) in [6, 6.07) is 12.8. The third-order valence-corrected chi connectivity index (χ3v) is 5.00. The van der Waals surface area contributed by atoms with Crippen molar-refractivity contribution in [2.24, 2.45) is 5.92 Å². The number of methoxy groups -OCH3 is 1. The van der Waals surface area contributed by atoms with E-state index in [4.69, 9.17) is 4.74 Å². The molecule has 5 heteroatoms. The third kappa shape index (κ3) is 3.29. The zero-order chi connectivity index (χ0) is 18.1. The van der Waals surface area contributed by atoms with Crippen LogP contribution >= 0.6 is 0 Å². The van der Waals surface area contributed by atoms with Gasteiger partial charge in [0.05, 0.1) is 7.11 Å². The molecule has 1 fully saturated rings. The van der Waals surface area contributed by atoms with E-state index < -0.39 is 0 Å². The van der Waals surface area contributed by atoms with Gasteiger partial charge >= 0.3 is 0 Å². The van der Waals surface area contributed by atoms with Gasteiger partial charge in [-0.05, 0) is 73.7 Å². The van der Waals surface area contributed by atoms with Crippen LogP contribution in [0.5, 0.6) is 5.75 Å². The van der Waals surface area contributed by atoms with Gasteiger partial charge in [-0.15, -0.1) is 0 Å².